The van der Waals surface area contributed by atoms with E-state index >= 15 is 0 Å². The average molecular weight is 729 g/mol. The predicted molar refractivity (Wildman–Crippen MR) is 176 cm³/mol. The molecule has 16 nitrogen and oxygen atoms in total. The van der Waals surface area contributed by atoms with E-state index in [4.69, 9.17) is 18.9 Å². The molecular formula is C34H64O16. The number of carbonyl (C=O) groups excluding carboxylic acids is 1. The first-order valence-electron chi connectivity index (χ1n) is 18.3. The lowest BCUT2D eigenvalue weighted by Crippen LogP contribution is -2.62. The van der Waals surface area contributed by atoms with E-state index in [-0.39, 0.29) is 6.42 Å². The molecule has 2 heterocycles. The van der Waals surface area contributed by atoms with Gasteiger partial charge in [0, 0.05) is 6.42 Å². The van der Waals surface area contributed by atoms with Gasteiger partial charge in [-0.25, -0.2) is 0 Å². The standard InChI is InChI=1S/C34H64O16/c1-2-3-4-5-6-7-8-9-10-11-12-13-14-15-16-20(36)24(38)28(42)25(39)21(37)18-47-33-32(46)30(44)27(41)23(50-33)19-48-34-31(45)29(43)26(40)22(17-35)49-34/h21-35,37-46H,2-19H2,1H3/t21-,22-,23-,24+,25-,26-,27-,28-,29+,30+,31-,32-,33+,34+/m1/s1. The molecule has 2 rings (SSSR count). The summed E-state index contributed by atoms with van der Waals surface area (Å²) in [6.07, 6.45) is -8.48. The Labute approximate surface area is 294 Å². The average Bonchev–Trinajstić information content (AvgIpc) is 3.11. The molecule has 0 aromatic carbocycles. The third-order valence-corrected chi connectivity index (χ3v) is 9.55. The number of ketones is 1. The lowest BCUT2D eigenvalue weighted by Gasteiger charge is -2.42. The van der Waals surface area contributed by atoms with Crippen LogP contribution < -0.4 is 0 Å². The highest BCUT2D eigenvalue weighted by molar-refractivity contribution is 5.83. The van der Waals surface area contributed by atoms with Crippen LogP contribution in [0.2, 0.25) is 0 Å². The number of aliphatic hydroxyl groups excluding tert-OH is 11. The van der Waals surface area contributed by atoms with Gasteiger partial charge in [0.15, 0.2) is 18.4 Å². The van der Waals surface area contributed by atoms with E-state index in [1.54, 1.807) is 0 Å². The number of hydrogen-bond donors (Lipinski definition) is 11. The monoisotopic (exact) mass is 728 g/mol. The first-order valence-corrected chi connectivity index (χ1v) is 18.3. The second-order valence-corrected chi connectivity index (χ2v) is 13.7. The first-order chi connectivity index (χ1) is 23.8. The summed E-state index contributed by atoms with van der Waals surface area (Å²) < 4.78 is 21.3. The van der Waals surface area contributed by atoms with Crippen molar-refractivity contribution in [2.75, 3.05) is 19.8 Å². The molecule has 0 aromatic heterocycles. The van der Waals surface area contributed by atoms with Crippen LogP contribution in [0.1, 0.15) is 103 Å². The van der Waals surface area contributed by atoms with Crippen LogP contribution in [-0.2, 0) is 23.7 Å². The summed E-state index contributed by atoms with van der Waals surface area (Å²) in [4.78, 5) is 12.4. The van der Waals surface area contributed by atoms with Gasteiger partial charge in [0.05, 0.1) is 19.8 Å². The Morgan fingerprint density at radius 1 is 0.580 bits per heavy atom. The molecule has 0 unspecified atom stereocenters. The van der Waals surface area contributed by atoms with Crippen molar-refractivity contribution in [3.05, 3.63) is 0 Å². The molecule has 50 heavy (non-hydrogen) atoms. The van der Waals surface area contributed by atoms with Gasteiger partial charge in [-0.2, -0.15) is 0 Å². The van der Waals surface area contributed by atoms with Crippen molar-refractivity contribution < 1.29 is 79.9 Å². The number of hydrogen-bond acceptors (Lipinski definition) is 16. The van der Waals surface area contributed by atoms with Crippen LogP contribution in [-0.4, -0.2) is 168 Å². The van der Waals surface area contributed by atoms with Gasteiger partial charge < -0.3 is 75.1 Å². The zero-order valence-electron chi connectivity index (χ0n) is 29.3. The van der Waals surface area contributed by atoms with Gasteiger partial charge in [-0.05, 0) is 6.42 Å². The van der Waals surface area contributed by atoms with Crippen molar-refractivity contribution in [3.63, 3.8) is 0 Å². The summed E-state index contributed by atoms with van der Waals surface area (Å²) in [7, 11) is 0. The SMILES string of the molecule is CCCCCCCCCCCCCCCCC(=O)[C@H](O)[C@@H](O)[C@H](O)[C@H](O)CO[C@H]1O[C@H](CO[C@H]2O[C@H](CO)[C@@H](O)[C@H](O)[C@H]2O)[C@@H](O)[C@H](O)[C@H]1O. The molecule has 11 N–H and O–H groups in total. The largest absolute Gasteiger partial charge is 0.394 e. The molecule has 0 aliphatic carbocycles. The van der Waals surface area contributed by atoms with E-state index in [0.29, 0.717) is 6.42 Å². The third kappa shape index (κ3) is 14.5. The Balaban J connectivity index is 1.69. The zero-order chi connectivity index (χ0) is 37.2. The smallest absolute Gasteiger partial charge is 0.186 e. The number of rotatable bonds is 26. The highest BCUT2D eigenvalue weighted by atomic mass is 16.7. The number of carbonyl (C=O) groups is 1. The Bertz CT molecular complexity index is 897. The van der Waals surface area contributed by atoms with Crippen molar-refractivity contribution >= 4 is 5.78 Å². The summed E-state index contributed by atoms with van der Waals surface area (Å²) in [6.45, 7) is 0.101. The van der Waals surface area contributed by atoms with Gasteiger partial charge in [-0.15, -0.1) is 0 Å². The van der Waals surface area contributed by atoms with E-state index in [9.17, 15) is 61.0 Å². The summed E-state index contributed by atoms with van der Waals surface area (Å²) in [5.74, 6) is -0.686. The lowest BCUT2D eigenvalue weighted by atomic mass is 9.97. The van der Waals surface area contributed by atoms with Crippen molar-refractivity contribution in [2.45, 2.75) is 189 Å². The van der Waals surface area contributed by atoms with Crippen LogP contribution in [0.5, 0.6) is 0 Å². The molecule has 2 aliphatic heterocycles. The number of aliphatic hydroxyl groups is 11. The molecule has 2 saturated heterocycles. The molecule has 16 heteroatoms. The second-order valence-electron chi connectivity index (χ2n) is 13.7. The van der Waals surface area contributed by atoms with E-state index in [1.165, 1.54) is 57.8 Å². The minimum absolute atomic E-state index is 0.00945. The molecule has 0 bridgehead atoms. The molecule has 2 aliphatic rings. The predicted octanol–water partition coefficient (Wildman–Crippen LogP) is -1.49. The molecule has 0 aromatic rings. The van der Waals surface area contributed by atoms with Crippen LogP contribution >= 0.6 is 0 Å². The fourth-order valence-electron chi connectivity index (χ4n) is 6.13. The maximum Gasteiger partial charge on any atom is 0.186 e. The van der Waals surface area contributed by atoms with Gasteiger partial charge in [0.1, 0.15) is 73.2 Å². The van der Waals surface area contributed by atoms with Gasteiger partial charge in [0.25, 0.3) is 0 Å². The van der Waals surface area contributed by atoms with Gasteiger partial charge in [0.2, 0.25) is 0 Å². The van der Waals surface area contributed by atoms with Gasteiger partial charge >= 0.3 is 0 Å². The molecule has 0 saturated carbocycles. The van der Waals surface area contributed by atoms with Crippen molar-refractivity contribution in [3.8, 4) is 0 Å². The van der Waals surface area contributed by atoms with E-state index in [1.807, 2.05) is 0 Å². The van der Waals surface area contributed by atoms with E-state index in [2.05, 4.69) is 6.92 Å². The fraction of sp³-hybridized carbons (Fsp3) is 0.971. The molecule has 14 atom stereocenters. The maximum absolute atomic E-state index is 12.4. The summed E-state index contributed by atoms with van der Waals surface area (Å²) in [5.41, 5.74) is 0. The molecule has 0 amide bonds. The quantitative estimate of drug-likeness (QED) is 0.0453. The van der Waals surface area contributed by atoms with E-state index < -0.39 is 111 Å². The van der Waals surface area contributed by atoms with Crippen LogP contribution in [0.25, 0.3) is 0 Å². The van der Waals surface area contributed by atoms with Crippen LogP contribution in [0.4, 0.5) is 0 Å². The topological polar surface area (TPSA) is 277 Å². The highest BCUT2D eigenvalue weighted by Gasteiger charge is 2.48. The Hall–Kier alpha value is -0.930. The third-order valence-electron chi connectivity index (χ3n) is 9.55. The van der Waals surface area contributed by atoms with Crippen LogP contribution in [0.15, 0.2) is 0 Å². The van der Waals surface area contributed by atoms with Gasteiger partial charge in [-0.3, -0.25) is 4.79 Å². The second kappa shape index (κ2) is 24.4. The summed E-state index contributed by atoms with van der Waals surface area (Å²) in [6, 6.07) is 0. The minimum atomic E-state index is -2.04. The molecule has 2 fully saturated rings. The Morgan fingerprint density at radius 3 is 1.52 bits per heavy atom. The normalized spacial score (nSPS) is 32.8. The van der Waals surface area contributed by atoms with Gasteiger partial charge in [-0.1, -0.05) is 90.4 Å². The lowest BCUT2D eigenvalue weighted by molar-refractivity contribution is -0.333. The number of ether oxygens (including phenoxy) is 4. The summed E-state index contributed by atoms with van der Waals surface area (Å²) in [5, 5.41) is 112. The summed E-state index contributed by atoms with van der Waals surface area (Å²) >= 11 is 0. The zero-order valence-corrected chi connectivity index (χ0v) is 29.3. The molecule has 0 spiro atoms. The Morgan fingerprint density at radius 2 is 1.02 bits per heavy atom. The maximum atomic E-state index is 12.4. The van der Waals surface area contributed by atoms with Crippen molar-refractivity contribution in [1.82, 2.24) is 0 Å². The van der Waals surface area contributed by atoms with Crippen molar-refractivity contribution in [1.29, 1.82) is 0 Å². The number of unbranched alkanes of at least 4 members (excludes halogenated alkanes) is 13. The molecule has 0 radical (unpaired) electrons. The highest BCUT2D eigenvalue weighted by Crippen LogP contribution is 2.26. The number of Topliss-reactive ketones (excluding diaryl/α,β-unsaturated/α-hetero) is 1. The van der Waals surface area contributed by atoms with Crippen LogP contribution in [0.3, 0.4) is 0 Å². The fourth-order valence-corrected chi connectivity index (χ4v) is 6.13. The first kappa shape index (κ1) is 45.2. The Kier molecular flexibility index (Phi) is 22.1. The van der Waals surface area contributed by atoms with Crippen LogP contribution in [0, 0.1) is 0 Å². The molecule has 296 valence electrons. The van der Waals surface area contributed by atoms with Crippen molar-refractivity contribution in [2.24, 2.45) is 0 Å². The molecular weight excluding hydrogens is 664 g/mol. The van der Waals surface area contributed by atoms with E-state index in [0.717, 1.165) is 25.7 Å². The minimum Gasteiger partial charge on any atom is -0.394 e.